The summed E-state index contributed by atoms with van der Waals surface area (Å²) in [5.41, 5.74) is 2.73. The second-order valence-electron chi connectivity index (χ2n) is 6.92. The predicted octanol–water partition coefficient (Wildman–Crippen LogP) is 4.29. The van der Waals surface area contributed by atoms with Crippen molar-refractivity contribution in [3.05, 3.63) is 66.6 Å². The van der Waals surface area contributed by atoms with Crippen molar-refractivity contribution in [2.45, 2.75) is 20.6 Å². The molecular weight excluding hydrogens is 427 g/mol. The van der Waals surface area contributed by atoms with Crippen LogP contribution in [0.25, 0.3) is 22.6 Å². The molecule has 0 radical (unpaired) electrons. The summed E-state index contributed by atoms with van der Waals surface area (Å²) in [5.74, 6) is -0.183. The van der Waals surface area contributed by atoms with Crippen LogP contribution in [0.1, 0.15) is 13.8 Å². The highest BCUT2D eigenvalue weighted by molar-refractivity contribution is 5.90. The van der Waals surface area contributed by atoms with Gasteiger partial charge in [0, 0.05) is 25.3 Å². The van der Waals surface area contributed by atoms with Crippen LogP contribution in [0, 0.1) is 5.82 Å². The van der Waals surface area contributed by atoms with Crippen molar-refractivity contribution < 1.29 is 18.7 Å². The van der Waals surface area contributed by atoms with Gasteiger partial charge in [-0.1, -0.05) is 17.3 Å². The molecule has 0 saturated heterocycles. The molecule has 2 aromatic heterocycles. The van der Waals surface area contributed by atoms with Crippen LogP contribution >= 0.6 is 0 Å². The van der Waals surface area contributed by atoms with E-state index in [-0.39, 0.29) is 24.5 Å². The molecule has 0 aliphatic carbocycles. The number of carbonyl (C=O) groups excluding carboxylic acids is 1. The fourth-order valence-electron chi connectivity index (χ4n) is 3.11. The number of rotatable bonds is 8. The number of benzene rings is 2. The van der Waals surface area contributed by atoms with Crippen LogP contribution in [-0.2, 0) is 16.3 Å². The highest BCUT2D eigenvalue weighted by atomic mass is 19.1. The Morgan fingerprint density at radius 3 is 2.67 bits per heavy atom. The van der Waals surface area contributed by atoms with Gasteiger partial charge in [-0.25, -0.2) is 14.1 Å². The summed E-state index contributed by atoms with van der Waals surface area (Å²) in [6.45, 7) is 3.94. The Bertz CT molecular complexity index is 1260. The van der Waals surface area contributed by atoms with Crippen LogP contribution in [0.3, 0.4) is 0 Å². The number of halogens is 1. The van der Waals surface area contributed by atoms with E-state index in [0.717, 1.165) is 0 Å². The first kappa shape index (κ1) is 22.0. The summed E-state index contributed by atoms with van der Waals surface area (Å²) >= 11 is 0. The summed E-state index contributed by atoms with van der Waals surface area (Å²) in [6.07, 6.45) is 1.55. The summed E-state index contributed by atoms with van der Waals surface area (Å²) in [4.78, 5) is 20.2. The van der Waals surface area contributed by atoms with Gasteiger partial charge in [0.25, 0.3) is 0 Å². The molecule has 1 N–H and O–H groups in total. The molecule has 9 nitrogen and oxygen atoms in total. The molecule has 2 aromatic carbocycles. The Hall–Kier alpha value is -4.18. The maximum absolute atomic E-state index is 13.4. The van der Waals surface area contributed by atoms with Crippen molar-refractivity contribution in [2.24, 2.45) is 0 Å². The van der Waals surface area contributed by atoms with E-state index in [2.05, 4.69) is 25.6 Å². The third-order valence-electron chi connectivity index (χ3n) is 4.55. The number of hydrogen-bond acceptors (Lipinski definition) is 7. The first-order valence-corrected chi connectivity index (χ1v) is 10.2. The van der Waals surface area contributed by atoms with E-state index in [1.54, 1.807) is 53.3 Å². The summed E-state index contributed by atoms with van der Waals surface area (Å²) < 4.78 is 26.4. The highest BCUT2D eigenvalue weighted by Gasteiger charge is 2.19. The van der Waals surface area contributed by atoms with Crippen molar-refractivity contribution in [3.8, 4) is 34.4 Å². The smallest absolute Gasteiger partial charge is 0.322 e. The summed E-state index contributed by atoms with van der Waals surface area (Å²) in [6, 6.07) is 14.7. The molecule has 33 heavy (non-hydrogen) atoms. The Morgan fingerprint density at radius 1 is 1.12 bits per heavy atom. The molecule has 0 spiro atoms. The van der Waals surface area contributed by atoms with E-state index in [0.29, 0.717) is 40.7 Å². The lowest BCUT2D eigenvalue weighted by Crippen LogP contribution is -2.08. The third kappa shape index (κ3) is 5.18. The lowest BCUT2D eigenvalue weighted by atomic mass is 10.1. The van der Waals surface area contributed by atoms with Crippen molar-refractivity contribution in [2.75, 3.05) is 11.9 Å². The minimum atomic E-state index is -0.349. The molecule has 168 valence electrons. The lowest BCUT2D eigenvalue weighted by Gasteiger charge is -2.11. The normalized spacial score (nSPS) is 10.8. The van der Waals surface area contributed by atoms with E-state index in [9.17, 15) is 9.18 Å². The molecule has 4 rings (SSSR count). The van der Waals surface area contributed by atoms with Gasteiger partial charge in [0.15, 0.2) is 5.75 Å². The first-order chi connectivity index (χ1) is 16.0. The van der Waals surface area contributed by atoms with Gasteiger partial charge >= 0.3 is 6.01 Å². The fourth-order valence-corrected chi connectivity index (χ4v) is 3.11. The molecule has 0 bridgehead atoms. The largest absolute Gasteiger partial charge is 0.422 e. The van der Waals surface area contributed by atoms with Gasteiger partial charge < -0.3 is 14.8 Å². The molecule has 0 aliphatic heterocycles. The van der Waals surface area contributed by atoms with E-state index in [4.69, 9.17) is 9.47 Å². The van der Waals surface area contributed by atoms with Gasteiger partial charge in [0.1, 0.15) is 23.9 Å². The second kappa shape index (κ2) is 9.96. The molecule has 0 fully saturated rings. The standard InChI is InChI=1S/C23H21FN6O3/c1-3-32-14-30-22(21(28-29-30)16-8-10-17(24)11-9-16)19-12-13-25-23(27-19)33-20-7-5-4-6-18(20)26-15(2)31/h4-13H,3,14H2,1-2H3,(H,26,31). The van der Waals surface area contributed by atoms with Crippen LogP contribution < -0.4 is 10.1 Å². The minimum absolute atomic E-state index is 0.0690. The van der Waals surface area contributed by atoms with E-state index in [1.807, 2.05) is 6.92 Å². The molecule has 10 heteroatoms. The lowest BCUT2D eigenvalue weighted by molar-refractivity contribution is -0.114. The Labute approximate surface area is 189 Å². The molecule has 1 amide bonds. The predicted molar refractivity (Wildman–Crippen MR) is 119 cm³/mol. The molecule has 0 atom stereocenters. The van der Waals surface area contributed by atoms with Crippen LogP contribution in [0.15, 0.2) is 60.8 Å². The minimum Gasteiger partial charge on any atom is -0.422 e. The summed E-state index contributed by atoms with van der Waals surface area (Å²) in [5, 5.41) is 11.2. The number of carbonyl (C=O) groups is 1. The monoisotopic (exact) mass is 448 g/mol. The van der Waals surface area contributed by atoms with Gasteiger partial charge in [0.05, 0.1) is 11.4 Å². The van der Waals surface area contributed by atoms with Crippen LogP contribution in [0.2, 0.25) is 0 Å². The van der Waals surface area contributed by atoms with Crippen LogP contribution in [0.4, 0.5) is 10.1 Å². The van der Waals surface area contributed by atoms with Crippen molar-refractivity contribution in [3.63, 3.8) is 0 Å². The average Bonchev–Trinajstić information content (AvgIpc) is 3.23. The molecule has 0 aliphatic rings. The van der Waals surface area contributed by atoms with Crippen molar-refractivity contribution >= 4 is 11.6 Å². The third-order valence-corrected chi connectivity index (χ3v) is 4.55. The number of para-hydroxylation sites is 2. The van der Waals surface area contributed by atoms with Gasteiger partial charge in [-0.3, -0.25) is 4.79 Å². The van der Waals surface area contributed by atoms with Gasteiger partial charge in [-0.15, -0.1) is 5.10 Å². The summed E-state index contributed by atoms with van der Waals surface area (Å²) in [7, 11) is 0. The molecule has 4 aromatic rings. The number of nitrogens with zero attached hydrogens (tertiary/aromatic N) is 5. The molecular formula is C23H21FN6O3. The van der Waals surface area contributed by atoms with E-state index < -0.39 is 0 Å². The first-order valence-electron chi connectivity index (χ1n) is 10.2. The van der Waals surface area contributed by atoms with Crippen molar-refractivity contribution in [1.29, 1.82) is 0 Å². The van der Waals surface area contributed by atoms with E-state index in [1.165, 1.54) is 19.1 Å². The quantitative estimate of drug-likeness (QED) is 0.429. The number of anilines is 1. The number of hydrogen-bond donors (Lipinski definition) is 1. The molecule has 0 unspecified atom stereocenters. The number of aromatic nitrogens is 5. The fraction of sp³-hybridized carbons (Fsp3) is 0.174. The highest BCUT2D eigenvalue weighted by Crippen LogP contribution is 2.32. The Kier molecular flexibility index (Phi) is 6.65. The van der Waals surface area contributed by atoms with Gasteiger partial charge in [0.2, 0.25) is 5.91 Å². The van der Waals surface area contributed by atoms with Gasteiger partial charge in [-0.05, 0) is 49.4 Å². The van der Waals surface area contributed by atoms with Crippen molar-refractivity contribution in [1.82, 2.24) is 25.0 Å². The molecule has 0 saturated carbocycles. The van der Waals surface area contributed by atoms with Crippen LogP contribution in [0.5, 0.6) is 11.8 Å². The Balaban J connectivity index is 1.73. The second-order valence-corrected chi connectivity index (χ2v) is 6.92. The number of ether oxygens (including phenoxy) is 2. The van der Waals surface area contributed by atoms with Gasteiger partial charge in [-0.2, -0.15) is 4.98 Å². The topological polar surface area (TPSA) is 104 Å². The number of amides is 1. The Morgan fingerprint density at radius 2 is 1.91 bits per heavy atom. The zero-order valence-corrected chi connectivity index (χ0v) is 18.0. The zero-order valence-electron chi connectivity index (χ0n) is 18.0. The maximum atomic E-state index is 13.4. The number of nitrogens with one attached hydrogen (secondary N) is 1. The van der Waals surface area contributed by atoms with E-state index >= 15 is 0 Å². The molecule has 2 heterocycles. The zero-order chi connectivity index (χ0) is 23.2. The maximum Gasteiger partial charge on any atom is 0.322 e. The average molecular weight is 448 g/mol. The van der Waals surface area contributed by atoms with Crippen LogP contribution in [-0.4, -0.2) is 37.5 Å². The SMILES string of the molecule is CCOCn1nnc(-c2ccc(F)cc2)c1-c1ccnc(Oc2ccccc2NC(C)=O)n1.